The van der Waals surface area contributed by atoms with Gasteiger partial charge in [0.25, 0.3) is 0 Å². The van der Waals surface area contributed by atoms with Crippen molar-refractivity contribution in [2.45, 2.75) is 0 Å². The van der Waals surface area contributed by atoms with Gasteiger partial charge in [0.2, 0.25) is 0 Å². The Kier molecular flexibility index (Phi) is 4.15. The largest absolute Gasteiger partial charge is 0.335 e. The molecular formula is CH4O5S. The predicted molar refractivity (Wildman–Crippen MR) is 20.0 cm³/mol. The Bertz CT molecular complexity index is 61.1. The molecule has 0 heterocycles. The maximum absolute atomic E-state index is 9.79. The Labute approximate surface area is 42.5 Å². The summed E-state index contributed by atoms with van der Waals surface area (Å²) >= 11 is -2.00. The summed E-state index contributed by atoms with van der Waals surface area (Å²) in [6.07, 6.45) is 0. The third-order valence-electron chi connectivity index (χ3n) is 0.222. The summed E-state index contributed by atoms with van der Waals surface area (Å²) < 4.78 is 17.2. The van der Waals surface area contributed by atoms with Gasteiger partial charge in [0, 0.05) is 0 Å². The minimum atomic E-state index is -2.00. The minimum Gasteiger partial charge on any atom is -0.270 e. The van der Waals surface area contributed by atoms with E-state index in [-0.39, 0.29) is 0 Å². The molecule has 0 aromatic carbocycles. The molecule has 0 aromatic rings. The average Bonchev–Trinajstić information content (AvgIpc) is 1.68. The van der Waals surface area contributed by atoms with Crippen LogP contribution in [0.1, 0.15) is 0 Å². The molecule has 0 amide bonds. The van der Waals surface area contributed by atoms with E-state index in [0.717, 1.165) is 7.11 Å². The molecular weight excluding hydrogens is 124 g/mol. The van der Waals surface area contributed by atoms with Crippen molar-refractivity contribution in [3.05, 3.63) is 0 Å². The molecule has 44 valence electrons. The van der Waals surface area contributed by atoms with E-state index in [1.54, 1.807) is 0 Å². The summed E-state index contributed by atoms with van der Waals surface area (Å²) in [5, 5.41) is 10.3. The number of hydrogen-bond donors (Lipinski definition) is 1. The monoisotopic (exact) mass is 128 g/mol. The van der Waals surface area contributed by atoms with Crippen molar-refractivity contribution < 1.29 is 23.0 Å². The van der Waals surface area contributed by atoms with Crippen LogP contribution in [0, 0.1) is 0 Å². The van der Waals surface area contributed by atoms with E-state index in [1.807, 2.05) is 0 Å². The van der Waals surface area contributed by atoms with E-state index < -0.39 is 11.4 Å². The van der Waals surface area contributed by atoms with Crippen LogP contribution < -0.4 is 0 Å². The lowest BCUT2D eigenvalue weighted by atomic mass is 11.8. The molecule has 0 aliphatic rings. The van der Waals surface area contributed by atoms with Gasteiger partial charge in [0.15, 0.2) is 0 Å². The highest BCUT2D eigenvalue weighted by atomic mass is 32.2. The first-order valence-corrected chi connectivity index (χ1v) is 2.26. The molecule has 0 rings (SSSR count). The number of hydrogen-bond acceptors (Lipinski definition) is 5. The fourth-order valence-corrected chi connectivity index (χ4v) is 0.158. The molecule has 0 saturated carbocycles. The molecule has 1 unspecified atom stereocenters. The Morgan fingerprint density at radius 1 is 1.71 bits per heavy atom. The minimum absolute atomic E-state index is 1.13. The number of rotatable bonds is 3. The van der Waals surface area contributed by atoms with E-state index in [1.165, 1.54) is 0 Å². The van der Waals surface area contributed by atoms with Gasteiger partial charge in [0.05, 0.1) is 7.11 Å². The molecule has 0 aromatic heterocycles. The fourth-order valence-electron chi connectivity index (χ4n) is 0.0526. The first-order chi connectivity index (χ1) is 3.31. The van der Waals surface area contributed by atoms with Crippen molar-refractivity contribution in [2.75, 3.05) is 7.11 Å². The molecule has 1 N–H and O–H groups in total. The van der Waals surface area contributed by atoms with E-state index >= 15 is 0 Å². The summed E-state index contributed by atoms with van der Waals surface area (Å²) in [4.78, 5) is 0. The van der Waals surface area contributed by atoms with Gasteiger partial charge in [-0.3, -0.25) is 4.18 Å². The van der Waals surface area contributed by atoms with E-state index in [0.29, 0.717) is 0 Å². The molecule has 0 aliphatic carbocycles. The summed E-state index contributed by atoms with van der Waals surface area (Å²) in [5.41, 5.74) is 0. The molecule has 5 nitrogen and oxygen atoms in total. The van der Waals surface area contributed by atoms with Crippen molar-refractivity contribution in [3.63, 3.8) is 0 Å². The molecule has 0 bridgehead atoms. The molecule has 6 heteroatoms. The van der Waals surface area contributed by atoms with E-state index in [2.05, 4.69) is 13.6 Å². The zero-order valence-electron chi connectivity index (χ0n) is 3.49. The zero-order chi connectivity index (χ0) is 5.70. The summed E-state index contributed by atoms with van der Waals surface area (Å²) in [6.45, 7) is 0. The maximum atomic E-state index is 9.79. The average molecular weight is 128 g/mol. The Hall–Kier alpha value is -0.0100. The lowest BCUT2D eigenvalue weighted by Crippen LogP contribution is -1.96. The van der Waals surface area contributed by atoms with Gasteiger partial charge < -0.3 is 0 Å². The standard InChI is InChI=1S/CH4O5S/c1-4-7(3)6-5-2/h2H,1H3. The topological polar surface area (TPSA) is 65.0 Å². The third kappa shape index (κ3) is 3.83. The predicted octanol–water partition coefficient (Wildman–Crippen LogP) is -0.367. The lowest BCUT2D eigenvalue weighted by molar-refractivity contribution is -0.437. The van der Waals surface area contributed by atoms with Crippen LogP contribution in [-0.4, -0.2) is 16.6 Å². The van der Waals surface area contributed by atoms with Gasteiger partial charge in [0.1, 0.15) is 0 Å². The highest BCUT2D eigenvalue weighted by Gasteiger charge is 1.93. The van der Waals surface area contributed by atoms with Crippen LogP contribution in [0.3, 0.4) is 0 Å². The van der Waals surface area contributed by atoms with Gasteiger partial charge >= 0.3 is 11.4 Å². The second kappa shape index (κ2) is 4.16. The van der Waals surface area contributed by atoms with Crippen LogP contribution >= 0.6 is 0 Å². The second-order valence-electron chi connectivity index (χ2n) is 0.513. The highest BCUT2D eigenvalue weighted by molar-refractivity contribution is 7.75. The van der Waals surface area contributed by atoms with Crippen LogP contribution in [0.15, 0.2) is 0 Å². The molecule has 0 spiro atoms. The molecule has 1 atom stereocenters. The molecule has 7 heavy (non-hydrogen) atoms. The van der Waals surface area contributed by atoms with Gasteiger partial charge in [-0.2, -0.15) is 4.21 Å². The van der Waals surface area contributed by atoms with Crippen LogP contribution in [-0.2, 0) is 24.9 Å². The Morgan fingerprint density at radius 2 is 2.29 bits per heavy atom. The van der Waals surface area contributed by atoms with Crippen molar-refractivity contribution in [1.82, 2.24) is 0 Å². The molecule has 0 aliphatic heterocycles. The van der Waals surface area contributed by atoms with Crippen molar-refractivity contribution in [3.8, 4) is 0 Å². The summed E-state index contributed by atoms with van der Waals surface area (Å²) in [5.74, 6) is 0. The quantitative estimate of drug-likeness (QED) is 0.415. The first kappa shape index (κ1) is 6.99. The Morgan fingerprint density at radius 3 is 2.43 bits per heavy atom. The Balaban J connectivity index is 3.00. The van der Waals surface area contributed by atoms with Gasteiger partial charge in [-0.1, -0.05) is 9.37 Å². The highest BCUT2D eigenvalue weighted by Crippen LogP contribution is 1.81. The SMILES string of the molecule is COS(=O)OOO. The van der Waals surface area contributed by atoms with Gasteiger partial charge in [-0.15, -0.1) is 0 Å². The summed E-state index contributed by atoms with van der Waals surface area (Å²) in [7, 11) is 1.13. The van der Waals surface area contributed by atoms with Crippen molar-refractivity contribution in [1.29, 1.82) is 0 Å². The van der Waals surface area contributed by atoms with Crippen molar-refractivity contribution in [2.24, 2.45) is 0 Å². The normalized spacial score (nSPS) is 14.0. The second-order valence-corrected chi connectivity index (χ2v) is 1.39. The fraction of sp³-hybridized carbons (Fsp3) is 1.00. The molecule has 0 radical (unpaired) electrons. The van der Waals surface area contributed by atoms with Crippen molar-refractivity contribution >= 4 is 11.4 Å². The van der Waals surface area contributed by atoms with Crippen LogP contribution in [0.2, 0.25) is 0 Å². The lowest BCUT2D eigenvalue weighted by Gasteiger charge is -1.88. The molecule has 0 fully saturated rings. The smallest absolute Gasteiger partial charge is 0.270 e. The van der Waals surface area contributed by atoms with E-state index in [4.69, 9.17) is 5.26 Å². The maximum Gasteiger partial charge on any atom is 0.335 e. The van der Waals surface area contributed by atoms with Gasteiger partial charge in [-0.25, -0.2) is 5.26 Å². The third-order valence-corrected chi connectivity index (χ3v) is 0.666. The molecule has 0 saturated heterocycles. The first-order valence-electron chi connectivity index (χ1n) is 1.26. The van der Waals surface area contributed by atoms with E-state index in [9.17, 15) is 4.21 Å². The van der Waals surface area contributed by atoms with Crippen LogP contribution in [0.5, 0.6) is 0 Å². The van der Waals surface area contributed by atoms with Gasteiger partial charge in [-0.05, 0) is 0 Å². The zero-order valence-corrected chi connectivity index (χ0v) is 4.30. The summed E-state index contributed by atoms with van der Waals surface area (Å²) in [6, 6.07) is 0. The van der Waals surface area contributed by atoms with Crippen LogP contribution in [0.25, 0.3) is 0 Å². The van der Waals surface area contributed by atoms with Crippen LogP contribution in [0.4, 0.5) is 0 Å².